The molecular weight excluding hydrogens is 352 g/mol. The van der Waals surface area contributed by atoms with Gasteiger partial charge in [-0.1, -0.05) is 49.4 Å². The summed E-state index contributed by atoms with van der Waals surface area (Å²) in [6, 6.07) is 9.55. The summed E-state index contributed by atoms with van der Waals surface area (Å²) in [5, 5.41) is 0. The Labute approximate surface area is 165 Å². The Bertz CT molecular complexity index is 894. The second-order valence-electron chi connectivity index (χ2n) is 8.51. The molecule has 0 aromatic heterocycles. The molecule has 2 aliphatic carbocycles. The van der Waals surface area contributed by atoms with Crippen molar-refractivity contribution in [2.75, 3.05) is 0 Å². The summed E-state index contributed by atoms with van der Waals surface area (Å²) in [7, 11) is 0. The highest BCUT2D eigenvalue weighted by molar-refractivity contribution is 5.93. The smallest absolute Gasteiger partial charge is 0.337 e. The molecule has 2 fully saturated rings. The third kappa shape index (κ3) is 3.11. The number of benzene rings is 1. The topological polar surface area (TPSA) is 52.6 Å². The first-order valence-corrected chi connectivity index (χ1v) is 9.90. The largest absolute Gasteiger partial charge is 0.415 e. The highest BCUT2D eigenvalue weighted by Crippen LogP contribution is 2.59. The summed E-state index contributed by atoms with van der Waals surface area (Å²) in [4.78, 5) is 25.0. The van der Waals surface area contributed by atoms with E-state index in [4.69, 9.17) is 9.47 Å². The molecule has 0 radical (unpaired) electrons. The number of carbonyl (C=O) groups excluding carboxylic acids is 2. The number of hydrogen-bond donors (Lipinski definition) is 0. The lowest BCUT2D eigenvalue weighted by Gasteiger charge is -2.51. The number of rotatable bonds is 3. The summed E-state index contributed by atoms with van der Waals surface area (Å²) in [6.07, 6.45) is 7.37. The van der Waals surface area contributed by atoms with Gasteiger partial charge < -0.3 is 9.47 Å². The highest BCUT2D eigenvalue weighted by Gasteiger charge is 2.60. The van der Waals surface area contributed by atoms with Crippen molar-refractivity contribution in [3.63, 3.8) is 0 Å². The van der Waals surface area contributed by atoms with Gasteiger partial charge in [-0.25, -0.2) is 9.59 Å². The van der Waals surface area contributed by atoms with E-state index in [-0.39, 0.29) is 11.4 Å². The van der Waals surface area contributed by atoms with Gasteiger partial charge in [0.2, 0.25) is 0 Å². The van der Waals surface area contributed by atoms with Crippen molar-refractivity contribution in [3.05, 3.63) is 65.3 Å². The Morgan fingerprint density at radius 2 is 2.07 bits per heavy atom. The number of allylic oxidation sites excluding steroid dienone is 1. The molecule has 1 heterocycles. The molecule has 2 saturated carbocycles. The Balaban J connectivity index is 1.62. The van der Waals surface area contributed by atoms with Gasteiger partial charge in [-0.3, -0.25) is 0 Å². The Hall–Kier alpha value is -2.62. The van der Waals surface area contributed by atoms with E-state index in [1.54, 1.807) is 13.0 Å². The summed E-state index contributed by atoms with van der Waals surface area (Å²) in [5.74, 6) is -1.86. The molecule has 1 aromatic rings. The Morgan fingerprint density at radius 1 is 1.32 bits per heavy atom. The van der Waals surface area contributed by atoms with Crippen molar-refractivity contribution in [2.24, 2.45) is 11.3 Å². The van der Waals surface area contributed by atoms with Crippen LogP contribution in [0.25, 0.3) is 6.08 Å². The second-order valence-corrected chi connectivity index (χ2v) is 8.51. The fourth-order valence-electron chi connectivity index (χ4n) is 5.09. The molecule has 0 bridgehead atoms. The van der Waals surface area contributed by atoms with Crippen LogP contribution in [0.1, 0.15) is 51.5 Å². The van der Waals surface area contributed by atoms with Gasteiger partial charge in [0.15, 0.2) is 0 Å². The lowest BCUT2D eigenvalue weighted by molar-refractivity contribution is -0.221. The van der Waals surface area contributed by atoms with Gasteiger partial charge >= 0.3 is 11.9 Å². The first kappa shape index (κ1) is 18.7. The first-order valence-electron chi connectivity index (χ1n) is 9.90. The van der Waals surface area contributed by atoms with E-state index in [0.717, 1.165) is 30.4 Å². The third-order valence-corrected chi connectivity index (χ3v) is 6.58. The van der Waals surface area contributed by atoms with Crippen LogP contribution in [-0.4, -0.2) is 17.7 Å². The van der Waals surface area contributed by atoms with Gasteiger partial charge in [0.25, 0.3) is 5.79 Å². The number of fused-ring (bicyclic) bond motifs is 2. The minimum absolute atomic E-state index is 0.0901. The standard InChI is InChI=1S/C24H26O4/c1-16-8-7-13-23(3)15-24(20(14-19(16)23)17(2)22(26)28-24)27-21(25)12-11-18-9-5-4-6-10-18/h4-6,9-12,19H,1,7-8,13-15H2,2-3H3. The van der Waals surface area contributed by atoms with Crippen LogP contribution < -0.4 is 0 Å². The lowest BCUT2D eigenvalue weighted by Crippen LogP contribution is -2.50. The van der Waals surface area contributed by atoms with E-state index in [9.17, 15) is 9.59 Å². The van der Waals surface area contributed by atoms with Crippen molar-refractivity contribution >= 4 is 18.0 Å². The van der Waals surface area contributed by atoms with Gasteiger partial charge in [-0.05, 0) is 55.6 Å². The van der Waals surface area contributed by atoms with Gasteiger partial charge in [0, 0.05) is 23.6 Å². The molecule has 1 aliphatic heterocycles. The summed E-state index contributed by atoms with van der Waals surface area (Å²) in [5.41, 5.74) is 3.43. The van der Waals surface area contributed by atoms with Crippen molar-refractivity contribution < 1.29 is 19.1 Å². The zero-order valence-electron chi connectivity index (χ0n) is 16.5. The van der Waals surface area contributed by atoms with Gasteiger partial charge in [-0.15, -0.1) is 0 Å². The SMILES string of the molecule is C=C1CCCC2(C)CC3(OC(=O)C=Cc4ccccc4)OC(=O)C(C)=C3CC12. The van der Waals surface area contributed by atoms with Crippen LogP contribution in [-0.2, 0) is 19.1 Å². The normalized spacial score (nSPS) is 32.1. The Kier molecular flexibility index (Phi) is 4.53. The van der Waals surface area contributed by atoms with E-state index >= 15 is 0 Å². The van der Waals surface area contributed by atoms with Crippen molar-refractivity contribution in [2.45, 2.75) is 51.7 Å². The van der Waals surface area contributed by atoms with Crippen LogP contribution in [0.15, 0.2) is 59.7 Å². The number of ether oxygens (including phenoxy) is 2. The molecule has 4 rings (SSSR count). The van der Waals surface area contributed by atoms with Gasteiger partial charge in [-0.2, -0.15) is 0 Å². The van der Waals surface area contributed by atoms with E-state index < -0.39 is 11.8 Å². The predicted molar refractivity (Wildman–Crippen MR) is 107 cm³/mol. The monoisotopic (exact) mass is 378 g/mol. The molecule has 28 heavy (non-hydrogen) atoms. The summed E-state index contributed by atoms with van der Waals surface area (Å²) >= 11 is 0. The first-order chi connectivity index (χ1) is 13.3. The van der Waals surface area contributed by atoms with E-state index in [2.05, 4.69) is 13.5 Å². The third-order valence-electron chi connectivity index (χ3n) is 6.58. The number of esters is 2. The molecule has 0 spiro atoms. The quantitative estimate of drug-likeness (QED) is 0.423. The zero-order chi connectivity index (χ0) is 19.9. The highest BCUT2D eigenvalue weighted by atomic mass is 16.7. The molecule has 3 aliphatic rings. The Morgan fingerprint density at radius 3 is 2.82 bits per heavy atom. The fourth-order valence-corrected chi connectivity index (χ4v) is 5.09. The van der Waals surface area contributed by atoms with Gasteiger partial charge in [0.05, 0.1) is 0 Å². The average molecular weight is 378 g/mol. The van der Waals surface area contributed by atoms with Crippen LogP contribution in [0, 0.1) is 11.3 Å². The van der Waals surface area contributed by atoms with Crippen LogP contribution >= 0.6 is 0 Å². The van der Waals surface area contributed by atoms with Crippen LogP contribution in [0.5, 0.6) is 0 Å². The maximum atomic E-state index is 12.6. The molecule has 3 atom stereocenters. The van der Waals surface area contributed by atoms with Crippen LogP contribution in [0.4, 0.5) is 0 Å². The maximum Gasteiger partial charge on any atom is 0.337 e. The summed E-state index contributed by atoms with van der Waals surface area (Å²) in [6.45, 7) is 8.25. The molecule has 0 saturated heterocycles. The minimum atomic E-state index is -1.28. The zero-order valence-corrected chi connectivity index (χ0v) is 16.5. The van der Waals surface area contributed by atoms with Crippen molar-refractivity contribution in [1.29, 1.82) is 0 Å². The molecule has 4 nitrogen and oxygen atoms in total. The number of carbonyl (C=O) groups is 2. The van der Waals surface area contributed by atoms with Crippen LogP contribution in [0.3, 0.4) is 0 Å². The summed E-state index contributed by atoms with van der Waals surface area (Å²) < 4.78 is 11.6. The predicted octanol–water partition coefficient (Wildman–Crippen LogP) is 4.97. The average Bonchev–Trinajstić information content (AvgIpc) is 2.88. The molecule has 0 N–H and O–H groups in total. The van der Waals surface area contributed by atoms with Crippen LogP contribution in [0.2, 0.25) is 0 Å². The molecule has 146 valence electrons. The molecular formula is C24H26O4. The lowest BCUT2D eigenvalue weighted by atomic mass is 9.56. The maximum absolute atomic E-state index is 12.6. The number of hydrogen-bond acceptors (Lipinski definition) is 4. The molecule has 3 unspecified atom stereocenters. The van der Waals surface area contributed by atoms with Crippen molar-refractivity contribution in [1.82, 2.24) is 0 Å². The van der Waals surface area contributed by atoms with E-state index in [1.165, 1.54) is 11.6 Å². The molecule has 4 heteroatoms. The van der Waals surface area contributed by atoms with E-state index in [0.29, 0.717) is 24.3 Å². The second kappa shape index (κ2) is 6.77. The minimum Gasteiger partial charge on any atom is -0.415 e. The fraction of sp³-hybridized carbons (Fsp3) is 0.417. The molecule has 0 amide bonds. The van der Waals surface area contributed by atoms with Gasteiger partial charge in [0.1, 0.15) is 0 Å². The van der Waals surface area contributed by atoms with E-state index in [1.807, 2.05) is 30.3 Å². The molecule has 1 aromatic carbocycles. The van der Waals surface area contributed by atoms with Crippen molar-refractivity contribution in [3.8, 4) is 0 Å².